The molecule has 0 radical (unpaired) electrons. The number of thiophene rings is 1. The SMILES string of the molecule is CN(CC[C@@H](OCc1cccc(N2CCN(C)c3ccccc3C2=O)c1)c1cccs1)C(=O)O. The van der Waals surface area contributed by atoms with Crippen LogP contribution in [-0.4, -0.2) is 55.7 Å². The zero-order chi connectivity index (χ0) is 24.1. The van der Waals surface area contributed by atoms with E-state index in [0.717, 1.165) is 28.4 Å². The first-order valence-electron chi connectivity index (χ1n) is 11.2. The molecule has 0 saturated carbocycles. The molecule has 1 aliphatic heterocycles. The Kier molecular flexibility index (Phi) is 7.49. The van der Waals surface area contributed by atoms with Crippen molar-refractivity contribution in [1.29, 1.82) is 0 Å². The zero-order valence-electron chi connectivity index (χ0n) is 19.4. The second-order valence-electron chi connectivity index (χ2n) is 8.37. The summed E-state index contributed by atoms with van der Waals surface area (Å²) in [7, 11) is 3.57. The molecule has 7 nitrogen and oxygen atoms in total. The lowest BCUT2D eigenvalue weighted by atomic mass is 10.1. The molecule has 0 spiro atoms. The van der Waals surface area contributed by atoms with Gasteiger partial charge in [0.2, 0.25) is 0 Å². The predicted molar refractivity (Wildman–Crippen MR) is 135 cm³/mol. The molecule has 2 aromatic carbocycles. The maximum absolute atomic E-state index is 13.3. The van der Waals surface area contributed by atoms with E-state index in [1.54, 1.807) is 18.4 Å². The number of hydrogen-bond donors (Lipinski definition) is 1. The number of nitrogens with zero attached hydrogens (tertiary/aromatic N) is 3. The zero-order valence-corrected chi connectivity index (χ0v) is 20.2. The molecule has 8 heteroatoms. The number of anilines is 2. The quantitative estimate of drug-likeness (QED) is 0.487. The molecule has 2 amide bonds. The lowest BCUT2D eigenvalue weighted by molar-refractivity contribution is 0.0310. The van der Waals surface area contributed by atoms with E-state index in [1.807, 2.05) is 78.0 Å². The molecule has 0 saturated heterocycles. The summed E-state index contributed by atoms with van der Waals surface area (Å²) < 4.78 is 6.25. The monoisotopic (exact) mass is 479 g/mol. The average molecular weight is 480 g/mol. The van der Waals surface area contributed by atoms with Gasteiger partial charge >= 0.3 is 6.09 Å². The smallest absolute Gasteiger partial charge is 0.407 e. The molecule has 0 aliphatic carbocycles. The van der Waals surface area contributed by atoms with Crippen LogP contribution in [0.1, 0.15) is 33.3 Å². The summed E-state index contributed by atoms with van der Waals surface area (Å²) in [6, 6.07) is 19.6. The van der Waals surface area contributed by atoms with E-state index in [0.29, 0.717) is 31.7 Å². The van der Waals surface area contributed by atoms with E-state index in [2.05, 4.69) is 4.90 Å². The molecule has 1 aromatic heterocycles. The topological polar surface area (TPSA) is 73.3 Å². The number of benzene rings is 2. The van der Waals surface area contributed by atoms with Crippen molar-refractivity contribution in [3.8, 4) is 0 Å². The van der Waals surface area contributed by atoms with Gasteiger partial charge in [-0.2, -0.15) is 0 Å². The van der Waals surface area contributed by atoms with Crippen molar-refractivity contribution in [2.45, 2.75) is 19.1 Å². The maximum Gasteiger partial charge on any atom is 0.407 e. The Balaban J connectivity index is 1.49. The molecule has 3 aromatic rings. The molecule has 0 unspecified atom stereocenters. The average Bonchev–Trinajstić information content (AvgIpc) is 3.35. The number of carbonyl (C=O) groups excluding carboxylic acids is 1. The van der Waals surface area contributed by atoms with Crippen LogP contribution < -0.4 is 9.80 Å². The van der Waals surface area contributed by atoms with Crippen LogP contribution in [0.3, 0.4) is 0 Å². The number of likely N-dealkylation sites (N-methyl/N-ethyl adjacent to an activating group) is 1. The Morgan fingerprint density at radius 2 is 1.97 bits per heavy atom. The van der Waals surface area contributed by atoms with E-state index in [-0.39, 0.29) is 12.0 Å². The third-order valence-corrected chi connectivity index (χ3v) is 7.00. The summed E-state index contributed by atoms with van der Waals surface area (Å²) in [4.78, 5) is 30.8. The highest BCUT2D eigenvalue weighted by atomic mass is 32.1. The Hall–Kier alpha value is -3.36. The van der Waals surface area contributed by atoms with Crippen molar-refractivity contribution >= 4 is 34.7 Å². The Morgan fingerprint density at radius 1 is 1.15 bits per heavy atom. The van der Waals surface area contributed by atoms with E-state index in [1.165, 1.54) is 4.90 Å². The van der Waals surface area contributed by atoms with Crippen molar-refractivity contribution in [3.63, 3.8) is 0 Å². The van der Waals surface area contributed by atoms with Crippen LogP contribution in [0.25, 0.3) is 0 Å². The second kappa shape index (κ2) is 10.7. The van der Waals surface area contributed by atoms with Crippen molar-refractivity contribution in [2.75, 3.05) is 43.5 Å². The van der Waals surface area contributed by atoms with Gasteiger partial charge in [0.1, 0.15) is 0 Å². The number of carboxylic acid groups (broad SMARTS) is 1. The van der Waals surface area contributed by atoms with Gasteiger partial charge in [0.25, 0.3) is 5.91 Å². The van der Waals surface area contributed by atoms with Crippen LogP contribution in [0.15, 0.2) is 66.0 Å². The van der Waals surface area contributed by atoms with Crippen LogP contribution in [0.2, 0.25) is 0 Å². The Morgan fingerprint density at radius 3 is 2.74 bits per heavy atom. The number of ether oxygens (including phenoxy) is 1. The summed E-state index contributed by atoms with van der Waals surface area (Å²) in [5.41, 5.74) is 3.45. The van der Waals surface area contributed by atoms with Gasteiger partial charge in [-0.15, -0.1) is 11.3 Å². The van der Waals surface area contributed by atoms with Crippen LogP contribution >= 0.6 is 11.3 Å². The Bertz CT molecular complexity index is 1130. The number of rotatable bonds is 8. The van der Waals surface area contributed by atoms with Gasteiger partial charge in [-0.1, -0.05) is 30.3 Å². The van der Waals surface area contributed by atoms with Crippen LogP contribution in [-0.2, 0) is 11.3 Å². The van der Waals surface area contributed by atoms with E-state index in [4.69, 9.17) is 9.84 Å². The fourth-order valence-electron chi connectivity index (χ4n) is 4.05. The molecule has 34 heavy (non-hydrogen) atoms. The minimum atomic E-state index is -0.952. The molecule has 0 bridgehead atoms. The predicted octanol–water partition coefficient (Wildman–Crippen LogP) is 5.10. The van der Waals surface area contributed by atoms with Gasteiger partial charge in [0.15, 0.2) is 0 Å². The highest BCUT2D eigenvalue weighted by Gasteiger charge is 2.26. The molecular formula is C26H29N3O4S. The first-order valence-corrected chi connectivity index (χ1v) is 12.1. The van der Waals surface area contributed by atoms with E-state index in [9.17, 15) is 9.59 Å². The molecule has 1 aliphatic rings. The highest BCUT2D eigenvalue weighted by molar-refractivity contribution is 7.10. The normalized spacial score (nSPS) is 14.5. The maximum atomic E-state index is 13.3. The van der Waals surface area contributed by atoms with Gasteiger partial charge in [-0.25, -0.2) is 4.79 Å². The van der Waals surface area contributed by atoms with E-state index >= 15 is 0 Å². The summed E-state index contributed by atoms with van der Waals surface area (Å²) in [6.45, 7) is 2.08. The molecule has 1 atom stereocenters. The standard InChI is InChI=1S/C26H29N3O4S/c1-27-14-15-29(25(30)21-9-3-4-10-22(21)27)20-8-5-7-19(17-20)18-33-23(24-11-6-16-34-24)12-13-28(2)26(31)32/h3-11,16-17,23H,12-15,18H2,1-2H3,(H,31,32)/t23-/m1/s1. The summed E-state index contributed by atoms with van der Waals surface area (Å²) in [5.74, 6) is -0.00816. The number of fused-ring (bicyclic) bond motifs is 1. The molecule has 1 N–H and O–H groups in total. The summed E-state index contributed by atoms with van der Waals surface area (Å²) >= 11 is 1.60. The fourth-order valence-corrected chi connectivity index (χ4v) is 4.86. The minimum absolute atomic E-state index is 0.00816. The Labute approximate surface area is 203 Å². The van der Waals surface area contributed by atoms with E-state index < -0.39 is 6.09 Å². The molecule has 0 fully saturated rings. The van der Waals surface area contributed by atoms with Gasteiger partial charge in [0, 0.05) is 50.0 Å². The highest BCUT2D eigenvalue weighted by Crippen LogP contribution is 2.30. The number of amides is 2. The first kappa shape index (κ1) is 23.8. The van der Waals surface area contributed by atoms with Crippen molar-refractivity contribution in [2.24, 2.45) is 0 Å². The van der Waals surface area contributed by atoms with Crippen molar-refractivity contribution < 1.29 is 19.4 Å². The largest absolute Gasteiger partial charge is 0.465 e. The number of hydrogen-bond acceptors (Lipinski definition) is 5. The lowest BCUT2D eigenvalue weighted by Gasteiger charge is -2.23. The van der Waals surface area contributed by atoms with Crippen molar-refractivity contribution in [1.82, 2.24) is 4.90 Å². The number of para-hydroxylation sites is 1. The molecular weight excluding hydrogens is 450 g/mol. The molecule has 178 valence electrons. The van der Waals surface area contributed by atoms with Gasteiger partial charge in [-0.05, 0) is 47.7 Å². The molecule has 4 rings (SSSR count). The summed E-state index contributed by atoms with van der Waals surface area (Å²) in [5, 5.41) is 11.2. The van der Waals surface area contributed by atoms with Crippen LogP contribution in [0.5, 0.6) is 0 Å². The number of carbonyl (C=O) groups is 2. The minimum Gasteiger partial charge on any atom is -0.465 e. The van der Waals surface area contributed by atoms with Gasteiger partial charge in [-0.3, -0.25) is 4.79 Å². The second-order valence-corrected chi connectivity index (χ2v) is 9.35. The van der Waals surface area contributed by atoms with Crippen molar-refractivity contribution in [3.05, 3.63) is 82.0 Å². The third-order valence-electron chi connectivity index (χ3n) is 6.04. The van der Waals surface area contributed by atoms with Crippen LogP contribution in [0.4, 0.5) is 16.2 Å². The van der Waals surface area contributed by atoms with Gasteiger partial charge in [0.05, 0.1) is 18.3 Å². The summed E-state index contributed by atoms with van der Waals surface area (Å²) in [6.07, 6.45) is -0.589. The lowest BCUT2D eigenvalue weighted by Crippen LogP contribution is -2.33. The van der Waals surface area contributed by atoms with Gasteiger partial charge < -0.3 is 24.5 Å². The first-order chi connectivity index (χ1) is 16.4. The van der Waals surface area contributed by atoms with Crippen LogP contribution in [0, 0.1) is 0 Å². The fraction of sp³-hybridized carbons (Fsp3) is 0.308. The molecule has 2 heterocycles. The third kappa shape index (κ3) is 5.40.